The molecule has 0 bridgehead atoms. The van der Waals surface area contributed by atoms with Crippen molar-refractivity contribution in [1.29, 1.82) is 0 Å². The maximum absolute atomic E-state index is 13.9. The van der Waals surface area contributed by atoms with Crippen molar-refractivity contribution in [1.82, 2.24) is 0 Å². The molecule has 1 aromatic rings. The summed E-state index contributed by atoms with van der Waals surface area (Å²) in [6, 6.07) is 4.09. The standard InChI is InChI=1S/C12H14BrFN2O3S/c1-12(2)10(20(17,18)16-11(15)19-12)5-7-3-4-8(13)6-9(7)14/h3-4,6,10H,5H2,1-2H3,(H2,15,16). The monoisotopic (exact) mass is 364 g/mol. The Morgan fingerprint density at radius 3 is 2.70 bits per heavy atom. The van der Waals surface area contributed by atoms with E-state index in [0.717, 1.165) is 0 Å². The zero-order chi connectivity index (χ0) is 15.1. The van der Waals surface area contributed by atoms with Gasteiger partial charge in [0.15, 0.2) is 0 Å². The smallest absolute Gasteiger partial charge is 0.298 e. The molecule has 110 valence electrons. The lowest BCUT2D eigenvalue weighted by atomic mass is 9.97. The van der Waals surface area contributed by atoms with Crippen molar-refractivity contribution in [3.63, 3.8) is 0 Å². The molecule has 1 aliphatic heterocycles. The molecule has 0 radical (unpaired) electrons. The Labute approximate surface area is 125 Å². The molecule has 2 N–H and O–H groups in total. The minimum Gasteiger partial charge on any atom is -0.457 e. The molecule has 8 heteroatoms. The van der Waals surface area contributed by atoms with Crippen LogP contribution in [0.25, 0.3) is 0 Å². The highest BCUT2D eigenvalue weighted by Gasteiger charge is 2.45. The molecule has 1 aromatic carbocycles. The van der Waals surface area contributed by atoms with Gasteiger partial charge < -0.3 is 10.5 Å². The van der Waals surface area contributed by atoms with E-state index in [9.17, 15) is 12.8 Å². The molecule has 1 aliphatic rings. The van der Waals surface area contributed by atoms with Crippen molar-refractivity contribution in [2.75, 3.05) is 0 Å². The summed E-state index contributed by atoms with van der Waals surface area (Å²) in [7, 11) is -3.85. The summed E-state index contributed by atoms with van der Waals surface area (Å²) in [5.41, 5.74) is 4.57. The molecule has 1 atom stereocenters. The van der Waals surface area contributed by atoms with Gasteiger partial charge in [0, 0.05) is 4.47 Å². The normalized spacial score (nSPS) is 23.8. The minimum absolute atomic E-state index is 0.0365. The third kappa shape index (κ3) is 2.95. The first-order valence-corrected chi connectivity index (χ1v) is 8.13. The molecule has 0 saturated carbocycles. The maximum atomic E-state index is 13.9. The van der Waals surface area contributed by atoms with Crippen LogP contribution in [0.5, 0.6) is 0 Å². The summed E-state index contributed by atoms with van der Waals surface area (Å²) in [6.07, 6.45) is -0.0365. The van der Waals surface area contributed by atoms with Crippen molar-refractivity contribution >= 4 is 32.0 Å². The maximum Gasteiger partial charge on any atom is 0.298 e. The van der Waals surface area contributed by atoms with E-state index in [2.05, 4.69) is 20.3 Å². The zero-order valence-corrected chi connectivity index (χ0v) is 13.3. The molecule has 5 nitrogen and oxygen atoms in total. The molecule has 1 unspecified atom stereocenters. The molecule has 0 fully saturated rings. The highest BCUT2D eigenvalue weighted by atomic mass is 79.9. The van der Waals surface area contributed by atoms with Crippen LogP contribution >= 0.6 is 15.9 Å². The molecule has 20 heavy (non-hydrogen) atoms. The number of nitrogens with zero attached hydrogens (tertiary/aromatic N) is 1. The molecule has 2 rings (SSSR count). The van der Waals surface area contributed by atoms with E-state index in [0.29, 0.717) is 4.47 Å². The first-order valence-electron chi connectivity index (χ1n) is 5.84. The van der Waals surface area contributed by atoms with Gasteiger partial charge in [0.2, 0.25) is 0 Å². The Hall–Kier alpha value is -1.15. The summed E-state index contributed by atoms with van der Waals surface area (Å²) in [5.74, 6) is -0.479. The molecule has 0 saturated heterocycles. The Morgan fingerprint density at radius 2 is 2.15 bits per heavy atom. The topological polar surface area (TPSA) is 81.8 Å². The van der Waals surface area contributed by atoms with Crippen LogP contribution in [0.3, 0.4) is 0 Å². The van der Waals surface area contributed by atoms with Crippen LogP contribution in [0.4, 0.5) is 4.39 Å². The Kier molecular flexibility index (Phi) is 3.81. The van der Waals surface area contributed by atoms with Gasteiger partial charge in [0.25, 0.3) is 16.0 Å². The number of amidine groups is 1. The number of hydrogen-bond acceptors (Lipinski definition) is 4. The largest absolute Gasteiger partial charge is 0.457 e. The number of nitrogens with two attached hydrogens (primary N) is 1. The van der Waals surface area contributed by atoms with Gasteiger partial charge in [0.05, 0.1) is 0 Å². The molecular weight excluding hydrogens is 351 g/mol. The van der Waals surface area contributed by atoms with Crippen molar-refractivity contribution in [2.24, 2.45) is 10.1 Å². The summed E-state index contributed by atoms with van der Waals surface area (Å²) in [5, 5.41) is -1.00. The van der Waals surface area contributed by atoms with Crippen molar-refractivity contribution < 1.29 is 17.5 Å². The van der Waals surface area contributed by atoms with Gasteiger partial charge in [-0.2, -0.15) is 0 Å². The second-order valence-electron chi connectivity index (χ2n) is 5.08. The van der Waals surface area contributed by atoms with Crippen LogP contribution < -0.4 is 5.73 Å². The average Bonchev–Trinajstić information content (AvgIpc) is 2.23. The van der Waals surface area contributed by atoms with Crippen LogP contribution in [0, 0.1) is 5.82 Å². The Balaban J connectivity index is 2.41. The van der Waals surface area contributed by atoms with Crippen LogP contribution in [0.2, 0.25) is 0 Å². The van der Waals surface area contributed by atoms with Gasteiger partial charge in [-0.1, -0.05) is 22.0 Å². The fourth-order valence-corrected chi connectivity index (χ4v) is 4.04. The van der Waals surface area contributed by atoms with E-state index in [1.165, 1.54) is 12.1 Å². The number of benzene rings is 1. The van der Waals surface area contributed by atoms with Crippen LogP contribution in [0.1, 0.15) is 19.4 Å². The molecular formula is C12H14BrFN2O3S. The molecule has 0 aliphatic carbocycles. The van der Waals surface area contributed by atoms with E-state index in [-0.39, 0.29) is 18.0 Å². The van der Waals surface area contributed by atoms with Crippen molar-refractivity contribution in [3.05, 3.63) is 34.1 Å². The number of sulfonamides is 1. The van der Waals surface area contributed by atoms with Gasteiger partial charge in [-0.25, -0.2) is 12.8 Å². The van der Waals surface area contributed by atoms with Crippen LogP contribution in [-0.2, 0) is 21.2 Å². The van der Waals surface area contributed by atoms with Gasteiger partial charge in [-0.15, -0.1) is 4.40 Å². The SMILES string of the molecule is CC1(C)OC(N)=NS(=O)(=O)C1Cc1ccc(Br)cc1F. The Bertz CT molecular complexity index is 673. The quantitative estimate of drug-likeness (QED) is 0.869. The number of ether oxygens (including phenoxy) is 1. The fourth-order valence-electron chi connectivity index (χ4n) is 2.14. The minimum atomic E-state index is -3.85. The molecule has 0 amide bonds. The summed E-state index contributed by atoms with van der Waals surface area (Å²) in [6.45, 7) is 3.18. The van der Waals surface area contributed by atoms with Crippen LogP contribution in [-0.4, -0.2) is 25.3 Å². The third-order valence-corrected chi connectivity index (χ3v) is 5.52. The summed E-state index contributed by atoms with van der Waals surface area (Å²) in [4.78, 5) is 0. The predicted octanol–water partition coefficient (Wildman–Crippen LogP) is 1.95. The van der Waals surface area contributed by atoms with Crippen molar-refractivity contribution in [2.45, 2.75) is 31.1 Å². The molecule has 0 aromatic heterocycles. The van der Waals surface area contributed by atoms with Crippen LogP contribution in [0.15, 0.2) is 27.1 Å². The number of halogens is 2. The van der Waals surface area contributed by atoms with Gasteiger partial charge in [-0.3, -0.25) is 0 Å². The van der Waals surface area contributed by atoms with E-state index < -0.39 is 26.7 Å². The van der Waals surface area contributed by atoms with Gasteiger partial charge in [-0.05, 0) is 38.0 Å². The van der Waals surface area contributed by atoms with Gasteiger partial charge in [0.1, 0.15) is 16.7 Å². The lowest BCUT2D eigenvalue weighted by Gasteiger charge is -2.35. The van der Waals surface area contributed by atoms with Gasteiger partial charge >= 0.3 is 0 Å². The van der Waals surface area contributed by atoms with Crippen molar-refractivity contribution in [3.8, 4) is 0 Å². The lowest BCUT2D eigenvalue weighted by molar-refractivity contribution is 0.0824. The second-order valence-corrected chi connectivity index (χ2v) is 7.78. The van der Waals surface area contributed by atoms with E-state index >= 15 is 0 Å². The summed E-state index contributed by atoms with van der Waals surface area (Å²) >= 11 is 3.15. The highest BCUT2D eigenvalue weighted by molar-refractivity contribution is 9.10. The second kappa shape index (κ2) is 5.00. The van der Waals surface area contributed by atoms with E-state index in [1.54, 1.807) is 19.9 Å². The number of hydrogen-bond donors (Lipinski definition) is 1. The predicted molar refractivity (Wildman–Crippen MR) is 77.3 cm³/mol. The number of rotatable bonds is 2. The fraction of sp³-hybridized carbons (Fsp3) is 0.417. The first-order chi connectivity index (χ1) is 9.12. The Morgan fingerprint density at radius 1 is 1.50 bits per heavy atom. The molecule has 0 spiro atoms. The average molecular weight is 365 g/mol. The lowest BCUT2D eigenvalue weighted by Crippen LogP contribution is -2.51. The summed E-state index contributed by atoms with van der Waals surface area (Å²) < 4.78 is 47.3. The zero-order valence-electron chi connectivity index (χ0n) is 10.9. The highest BCUT2D eigenvalue weighted by Crippen LogP contribution is 2.31. The first kappa shape index (κ1) is 15.2. The van der Waals surface area contributed by atoms with E-state index in [4.69, 9.17) is 10.5 Å². The molecule has 1 heterocycles. The third-order valence-electron chi connectivity index (χ3n) is 3.14. The van der Waals surface area contributed by atoms with E-state index in [1.807, 2.05) is 0 Å².